The Morgan fingerprint density at radius 3 is 2.38 bits per heavy atom. The molecule has 0 spiro atoms. The van der Waals surface area contributed by atoms with Crippen LogP contribution in [0.3, 0.4) is 0 Å². The van der Waals surface area contributed by atoms with E-state index >= 15 is 0 Å². The number of aliphatic hydroxyl groups excluding tert-OH is 3. The average molecular weight is 293 g/mol. The normalized spacial score (nSPS) is 34.0. The van der Waals surface area contributed by atoms with Crippen LogP contribution in [0.1, 0.15) is 23.5 Å². The van der Waals surface area contributed by atoms with Gasteiger partial charge in [-0.1, -0.05) is 0 Å². The van der Waals surface area contributed by atoms with Gasteiger partial charge in [0, 0.05) is 12.1 Å². The monoisotopic (exact) mass is 293 g/mol. The van der Waals surface area contributed by atoms with Crippen molar-refractivity contribution in [1.29, 1.82) is 0 Å². The number of hydrogen-bond donors (Lipinski definition) is 3. The molecule has 1 fully saturated rings. The number of hydrogen-bond acceptors (Lipinski definition) is 6. The van der Waals surface area contributed by atoms with Crippen LogP contribution in [-0.4, -0.2) is 60.1 Å². The molecule has 114 valence electrons. The molecule has 2 aliphatic rings. The second kappa shape index (κ2) is 5.29. The lowest BCUT2D eigenvalue weighted by Gasteiger charge is -2.41. The SMILES string of the molecule is COc1cc2c(cc1OC)[C@H]1C[C@H](O)[C@@H](O)[C@@H](O)[C@@H]1N=C2. The van der Waals surface area contributed by atoms with E-state index in [1.165, 1.54) is 0 Å². The summed E-state index contributed by atoms with van der Waals surface area (Å²) >= 11 is 0. The van der Waals surface area contributed by atoms with Crippen molar-refractivity contribution in [3.63, 3.8) is 0 Å². The first-order chi connectivity index (χ1) is 10.1. The van der Waals surface area contributed by atoms with E-state index in [0.717, 1.165) is 11.1 Å². The zero-order valence-electron chi connectivity index (χ0n) is 11.9. The topological polar surface area (TPSA) is 91.5 Å². The molecule has 6 heteroatoms. The number of aliphatic imine (C=N–C) groups is 1. The molecule has 0 unspecified atom stereocenters. The predicted molar refractivity (Wildman–Crippen MR) is 76.3 cm³/mol. The summed E-state index contributed by atoms with van der Waals surface area (Å²) in [6.45, 7) is 0. The highest BCUT2D eigenvalue weighted by molar-refractivity contribution is 5.85. The fourth-order valence-corrected chi connectivity index (χ4v) is 3.22. The number of rotatable bonds is 2. The largest absolute Gasteiger partial charge is 0.493 e. The molecular formula is C15H19NO5. The molecule has 6 nitrogen and oxygen atoms in total. The van der Waals surface area contributed by atoms with Crippen LogP contribution in [0.4, 0.5) is 0 Å². The first kappa shape index (κ1) is 14.3. The first-order valence-electron chi connectivity index (χ1n) is 6.90. The van der Waals surface area contributed by atoms with E-state index in [9.17, 15) is 15.3 Å². The summed E-state index contributed by atoms with van der Waals surface area (Å²) in [5.74, 6) is 1.05. The quantitative estimate of drug-likeness (QED) is 0.718. The second-order valence-corrected chi connectivity index (χ2v) is 5.50. The molecule has 0 bridgehead atoms. The van der Waals surface area contributed by atoms with Gasteiger partial charge in [-0.2, -0.15) is 0 Å². The fourth-order valence-electron chi connectivity index (χ4n) is 3.22. The number of fused-ring (bicyclic) bond motifs is 3. The van der Waals surface area contributed by atoms with E-state index in [4.69, 9.17) is 9.47 Å². The minimum Gasteiger partial charge on any atom is -0.493 e. The molecule has 1 aromatic rings. The standard InChI is InChI=1S/C15H19NO5/c1-20-11-3-7-6-16-13-9(8(7)5-12(11)21-2)4-10(17)14(18)15(13)19/h3,5-6,9-10,13-15,17-19H,4H2,1-2H3/t9-,10+,13-,14-,15+/m1/s1. The van der Waals surface area contributed by atoms with E-state index < -0.39 is 24.4 Å². The van der Waals surface area contributed by atoms with Gasteiger partial charge in [0.2, 0.25) is 0 Å². The van der Waals surface area contributed by atoms with Crippen molar-refractivity contribution < 1.29 is 24.8 Å². The van der Waals surface area contributed by atoms with Gasteiger partial charge < -0.3 is 24.8 Å². The third-order valence-electron chi connectivity index (χ3n) is 4.38. The maximum atomic E-state index is 10.1. The number of methoxy groups -OCH3 is 2. The molecule has 5 atom stereocenters. The van der Waals surface area contributed by atoms with Crippen molar-refractivity contribution >= 4 is 6.21 Å². The zero-order valence-corrected chi connectivity index (χ0v) is 11.9. The molecule has 3 rings (SSSR count). The van der Waals surface area contributed by atoms with Gasteiger partial charge in [0.15, 0.2) is 11.5 Å². The molecule has 0 amide bonds. The number of ether oxygens (including phenoxy) is 2. The fraction of sp³-hybridized carbons (Fsp3) is 0.533. The molecule has 0 saturated heterocycles. The van der Waals surface area contributed by atoms with Crippen LogP contribution in [0.25, 0.3) is 0 Å². The number of nitrogens with zero attached hydrogens (tertiary/aromatic N) is 1. The molecule has 1 aliphatic heterocycles. The third-order valence-corrected chi connectivity index (χ3v) is 4.38. The Hall–Kier alpha value is -1.63. The van der Waals surface area contributed by atoms with Crippen molar-refractivity contribution in [3.05, 3.63) is 23.3 Å². The van der Waals surface area contributed by atoms with Crippen molar-refractivity contribution in [3.8, 4) is 11.5 Å². The highest BCUT2D eigenvalue weighted by Crippen LogP contribution is 2.42. The lowest BCUT2D eigenvalue weighted by Crippen LogP contribution is -2.52. The third kappa shape index (κ3) is 2.19. The molecule has 21 heavy (non-hydrogen) atoms. The molecule has 1 heterocycles. The Morgan fingerprint density at radius 1 is 1.05 bits per heavy atom. The van der Waals surface area contributed by atoms with Gasteiger partial charge in [0.1, 0.15) is 12.2 Å². The highest BCUT2D eigenvalue weighted by atomic mass is 16.5. The predicted octanol–water partition coefficient (Wildman–Crippen LogP) is 0.0749. The maximum Gasteiger partial charge on any atom is 0.161 e. The lowest BCUT2D eigenvalue weighted by molar-refractivity contribution is -0.0987. The van der Waals surface area contributed by atoms with Gasteiger partial charge in [-0.05, 0) is 29.7 Å². The van der Waals surface area contributed by atoms with Gasteiger partial charge in [-0.25, -0.2) is 0 Å². The Morgan fingerprint density at radius 2 is 1.71 bits per heavy atom. The lowest BCUT2D eigenvalue weighted by atomic mass is 9.73. The molecule has 1 aliphatic carbocycles. The molecule has 1 aromatic carbocycles. The Labute approximate surface area is 122 Å². The number of aliphatic hydroxyl groups is 3. The Kier molecular flexibility index (Phi) is 3.61. The minimum atomic E-state index is -1.16. The van der Waals surface area contributed by atoms with E-state index in [1.807, 2.05) is 12.1 Å². The van der Waals surface area contributed by atoms with Crippen molar-refractivity contribution in [2.75, 3.05) is 14.2 Å². The summed E-state index contributed by atoms with van der Waals surface area (Å²) in [6, 6.07) is 3.24. The van der Waals surface area contributed by atoms with E-state index in [2.05, 4.69) is 4.99 Å². The number of benzene rings is 1. The summed E-state index contributed by atoms with van der Waals surface area (Å²) in [5, 5.41) is 29.8. The van der Waals surface area contributed by atoms with Crippen LogP contribution in [-0.2, 0) is 0 Å². The highest BCUT2D eigenvalue weighted by Gasteiger charge is 2.45. The maximum absolute atomic E-state index is 10.1. The van der Waals surface area contributed by atoms with Crippen molar-refractivity contribution in [2.24, 2.45) is 4.99 Å². The van der Waals surface area contributed by atoms with Crippen molar-refractivity contribution in [2.45, 2.75) is 36.7 Å². The van der Waals surface area contributed by atoms with Crippen LogP contribution in [0.15, 0.2) is 17.1 Å². The summed E-state index contributed by atoms with van der Waals surface area (Å²) < 4.78 is 10.6. The van der Waals surface area contributed by atoms with Crippen LogP contribution in [0.5, 0.6) is 11.5 Å². The molecule has 1 saturated carbocycles. The minimum absolute atomic E-state index is 0.154. The van der Waals surface area contributed by atoms with Gasteiger partial charge in [-0.3, -0.25) is 4.99 Å². The van der Waals surface area contributed by atoms with Crippen LogP contribution < -0.4 is 9.47 Å². The smallest absolute Gasteiger partial charge is 0.161 e. The average Bonchev–Trinajstić information content (AvgIpc) is 2.51. The van der Waals surface area contributed by atoms with E-state index in [-0.39, 0.29) is 5.92 Å². The Balaban J connectivity index is 2.06. The molecule has 0 aromatic heterocycles. The van der Waals surface area contributed by atoms with Gasteiger partial charge in [-0.15, -0.1) is 0 Å². The summed E-state index contributed by atoms with van der Waals surface area (Å²) in [4.78, 5) is 4.35. The molecule has 3 N–H and O–H groups in total. The Bertz CT molecular complexity index is 573. The van der Waals surface area contributed by atoms with Crippen LogP contribution >= 0.6 is 0 Å². The van der Waals surface area contributed by atoms with Gasteiger partial charge in [0.25, 0.3) is 0 Å². The first-order valence-corrected chi connectivity index (χ1v) is 6.90. The molecular weight excluding hydrogens is 274 g/mol. The summed E-state index contributed by atoms with van der Waals surface area (Å²) in [7, 11) is 3.13. The zero-order chi connectivity index (χ0) is 15.1. The van der Waals surface area contributed by atoms with Gasteiger partial charge >= 0.3 is 0 Å². The van der Waals surface area contributed by atoms with Crippen molar-refractivity contribution in [1.82, 2.24) is 0 Å². The molecule has 0 radical (unpaired) electrons. The van der Waals surface area contributed by atoms with Crippen LogP contribution in [0.2, 0.25) is 0 Å². The summed E-state index contributed by atoms with van der Waals surface area (Å²) in [5.41, 5.74) is 1.82. The van der Waals surface area contributed by atoms with Crippen LogP contribution in [0, 0.1) is 0 Å². The van der Waals surface area contributed by atoms with Gasteiger partial charge in [0.05, 0.1) is 26.4 Å². The second-order valence-electron chi connectivity index (χ2n) is 5.50. The summed E-state index contributed by atoms with van der Waals surface area (Å²) in [6.07, 6.45) is -1.17. The van der Waals surface area contributed by atoms with E-state index in [1.54, 1.807) is 20.4 Å². The van der Waals surface area contributed by atoms with E-state index in [0.29, 0.717) is 17.9 Å².